The van der Waals surface area contributed by atoms with Crippen LogP contribution in [0.4, 0.5) is 0 Å². The Morgan fingerprint density at radius 3 is 2.42 bits per heavy atom. The van der Waals surface area contributed by atoms with Crippen LogP contribution < -0.4 is 16.2 Å². The Morgan fingerprint density at radius 1 is 1.08 bits per heavy atom. The highest BCUT2D eigenvalue weighted by Crippen LogP contribution is 2.24. The number of hydrogen-bond acceptors (Lipinski definition) is 5. The van der Waals surface area contributed by atoms with Crippen molar-refractivity contribution >= 4 is 11.9 Å². The van der Waals surface area contributed by atoms with E-state index in [1.807, 2.05) is 30.3 Å². The van der Waals surface area contributed by atoms with Crippen molar-refractivity contribution < 1.29 is 19.8 Å². The van der Waals surface area contributed by atoms with Gasteiger partial charge in [0.05, 0.1) is 0 Å². The van der Waals surface area contributed by atoms with Gasteiger partial charge in [-0.2, -0.15) is 0 Å². The maximum absolute atomic E-state index is 12.5. The van der Waals surface area contributed by atoms with Gasteiger partial charge in [0.1, 0.15) is 17.8 Å². The largest absolute Gasteiger partial charge is 0.508 e. The summed E-state index contributed by atoms with van der Waals surface area (Å²) < 4.78 is 0. The van der Waals surface area contributed by atoms with Gasteiger partial charge in [0, 0.05) is 12.5 Å². The van der Waals surface area contributed by atoms with Gasteiger partial charge in [-0.05, 0) is 29.7 Å². The Bertz CT molecular complexity index is 764. The van der Waals surface area contributed by atoms with Gasteiger partial charge >= 0.3 is 5.97 Å². The van der Waals surface area contributed by atoms with Crippen molar-refractivity contribution in [1.82, 2.24) is 16.2 Å². The minimum atomic E-state index is -1.07. The van der Waals surface area contributed by atoms with Gasteiger partial charge in [0.25, 0.3) is 0 Å². The number of benzene rings is 2. The normalized spacial score (nSPS) is 20.5. The van der Waals surface area contributed by atoms with E-state index in [2.05, 4.69) is 16.2 Å². The zero-order valence-corrected chi connectivity index (χ0v) is 14.1. The highest BCUT2D eigenvalue weighted by molar-refractivity contribution is 5.87. The number of phenols is 1. The lowest BCUT2D eigenvalue weighted by molar-refractivity contribution is -0.142. The molecular formula is C19H21N3O4. The molecule has 2 aromatic rings. The van der Waals surface area contributed by atoms with Crippen LogP contribution in [0.3, 0.4) is 0 Å². The molecule has 3 unspecified atom stereocenters. The van der Waals surface area contributed by atoms with Crippen LogP contribution in [0.1, 0.15) is 23.6 Å². The predicted molar refractivity (Wildman–Crippen MR) is 95.2 cm³/mol. The molecule has 3 rings (SSSR count). The van der Waals surface area contributed by atoms with Crippen LogP contribution in [0.2, 0.25) is 0 Å². The van der Waals surface area contributed by atoms with E-state index in [9.17, 15) is 19.8 Å². The molecule has 0 saturated carbocycles. The van der Waals surface area contributed by atoms with E-state index >= 15 is 0 Å². The molecule has 1 saturated heterocycles. The van der Waals surface area contributed by atoms with Crippen LogP contribution in [-0.4, -0.2) is 34.2 Å². The van der Waals surface area contributed by atoms with Crippen LogP contribution in [0.5, 0.6) is 5.75 Å². The number of hydrogen-bond donors (Lipinski definition) is 5. The third-order valence-corrected chi connectivity index (χ3v) is 4.41. The van der Waals surface area contributed by atoms with Crippen molar-refractivity contribution in [3.8, 4) is 5.75 Å². The van der Waals surface area contributed by atoms with E-state index < -0.39 is 18.1 Å². The lowest BCUT2D eigenvalue weighted by atomic mass is 10.0. The molecule has 1 amide bonds. The molecule has 3 atom stereocenters. The topological polar surface area (TPSA) is 111 Å². The van der Waals surface area contributed by atoms with E-state index in [0.717, 1.165) is 11.1 Å². The predicted octanol–water partition coefficient (Wildman–Crippen LogP) is 1.11. The third-order valence-electron chi connectivity index (χ3n) is 4.41. The molecule has 136 valence electrons. The molecule has 1 aliphatic heterocycles. The second-order valence-corrected chi connectivity index (χ2v) is 6.31. The monoisotopic (exact) mass is 355 g/mol. The van der Waals surface area contributed by atoms with E-state index in [0.29, 0.717) is 6.42 Å². The molecule has 7 nitrogen and oxygen atoms in total. The number of carboxylic acid groups (broad SMARTS) is 1. The van der Waals surface area contributed by atoms with Gasteiger partial charge in [-0.1, -0.05) is 42.5 Å². The van der Waals surface area contributed by atoms with Crippen molar-refractivity contribution in [3.63, 3.8) is 0 Å². The van der Waals surface area contributed by atoms with Gasteiger partial charge in [-0.25, -0.2) is 15.6 Å². The van der Waals surface area contributed by atoms with Gasteiger partial charge in [-0.15, -0.1) is 0 Å². The summed E-state index contributed by atoms with van der Waals surface area (Å²) in [5, 5.41) is 21.4. The molecule has 1 aliphatic rings. The fraction of sp³-hybridized carbons (Fsp3) is 0.263. The van der Waals surface area contributed by atoms with Crippen LogP contribution >= 0.6 is 0 Å². The second-order valence-electron chi connectivity index (χ2n) is 6.31. The van der Waals surface area contributed by atoms with Gasteiger partial charge in [-0.3, -0.25) is 4.79 Å². The highest BCUT2D eigenvalue weighted by atomic mass is 16.4. The van der Waals surface area contributed by atoms with Crippen LogP contribution in [0, 0.1) is 0 Å². The van der Waals surface area contributed by atoms with Crippen molar-refractivity contribution in [2.45, 2.75) is 31.0 Å². The minimum absolute atomic E-state index is 0.0937. The average molecular weight is 355 g/mol. The molecule has 0 radical (unpaired) electrons. The SMILES string of the molecule is O=C(O)C(Cc1ccccc1)NC(=O)C1CC(c2ccc(O)cc2)NN1. The molecular weight excluding hydrogens is 334 g/mol. The quantitative estimate of drug-likeness (QED) is 0.531. The first-order valence-corrected chi connectivity index (χ1v) is 8.40. The zero-order chi connectivity index (χ0) is 18.5. The van der Waals surface area contributed by atoms with Crippen molar-refractivity contribution in [3.05, 3.63) is 65.7 Å². The second kappa shape index (κ2) is 7.99. The number of nitrogens with one attached hydrogen (secondary N) is 3. The van der Waals surface area contributed by atoms with Crippen molar-refractivity contribution in [1.29, 1.82) is 0 Å². The number of rotatable bonds is 6. The van der Waals surface area contributed by atoms with Gasteiger partial charge < -0.3 is 15.5 Å². The number of hydrazine groups is 1. The highest BCUT2D eigenvalue weighted by Gasteiger charge is 2.32. The van der Waals surface area contributed by atoms with Gasteiger partial charge in [0.15, 0.2) is 0 Å². The molecule has 26 heavy (non-hydrogen) atoms. The Labute approximate surface area is 151 Å². The molecule has 0 spiro atoms. The smallest absolute Gasteiger partial charge is 0.326 e. The summed E-state index contributed by atoms with van der Waals surface area (Å²) >= 11 is 0. The summed E-state index contributed by atoms with van der Waals surface area (Å²) in [5.41, 5.74) is 7.73. The molecule has 0 aromatic heterocycles. The van der Waals surface area contributed by atoms with Crippen molar-refractivity contribution in [2.24, 2.45) is 0 Å². The van der Waals surface area contributed by atoms with E-state index in [1.54, 1.807) is 24.3 Å². The first-order chi connectivity index (χ1) is 12.5. The van der Waals surface area contributed by atoms with Crippen LogP contribution in [0.25, 0.3) is 0 Å². The van der Waals surface area contributed by atoms with Crippen molar-refractivity contribution in [2.75, 3.05) is 0 Å². The number of aromatic hydroxyl groups is 1. The summed E-state index contributed by atoms with van der Waals surface area (Å²) in [6.45, 7) is 0. The summed E-state index contributed by atoms with van der Waals surface area (Å²) in [4.78, 5) is 24.0. The van der Waals surface area contributed by atoms with Gasteiger partial charge in [0.2, 0.25) is 5.91 Å². The lowest BCUT2D eigenvalue weighted by Gasteiger charge is -2.17. The molecule has 7 heteroatoms. The van der Waals surface area contributed by atoms with Crippen LogP contribution in [0.15, 0.2) is 54.6 Å². The third kappa shape index (κ3) is 4.38. The maximum Gasteiger partial charge on any atom is 0.326 e. The number of carbonyl (C=O) groups excluding carboxylic acids is 1. The number of carboxylic acids is 1. The molecule has 0 aliphatic carbocycles. The fourth-order valence-electron chi connectivity index (χ4n) is 2.98. The van der Waals surface area contributed by atoms with E-state index in [1.165, 1.54) is 0 Å². The fourth-order valence-corrected chi connectivity index (χ4v) is 2.98. The van der Waals surface area contributed by atoms with Crippen LogP contribution in [-0.2, 0) is 16.0 Å². The number of aliphatic carboxylic acids is 1. The number of carbonyl (C=O) groups is 2. The molecule has 0 bridgehead atoms. The number of phenolic OH excluding ortho intramolecular Hbond substituents is 1. The Balaban J connectivity index is 1.59. The molecule has 5 N–H and O–H groups in total. The van der Waals surface area contributed by atoms with E-state index in [4.69, 9.17) is 0 Å². The Morgan fingerprint density at radius 2 is 1.77 bits per heavy atom. The summed E-state index contributed by atoms with van der Waals surface area (Å²) in [7, 11) is 0. The molecule has 1 heterocycles. The molecule has 1 fully saturated rings. The number of amides is 1. The molecule has 2 aromatic carbocycles. The minimum Gasteiger partial charge on any atom is -0.508 e. The summed E-state index contributed by atoms with van der Waals surface area (Å²) in [6, 6.07) is 14.3. The standard InChI is InChI=1S/C19H21N3O4/c23-14-8-6-13(7-9-14)15-11-16(22-21-15)18(24)20-17(19(25)26)10-12-4-2-1-3-5-12/h1-9,15-17,21-23H,10-11H2,(H,20,24)(H,25,26). The lowest BCUT2D eigenvalue weighted by Crippen LogP contribution is -2.50. The van der Waals surface area contributed by atoms with E-state index in [-0.39, 0.29) is 24.1 Å². The maximum atomic E-state index is 12.5. The average Bonchev–Trinajstić information content (AvgIpc) is 3.13. The first-order valence-electron chi connectivity index (χ1n) is 8.40. The Hall–Kier alpha value is -2.90. The Kier molecular flexibility index (Phi) is 5.50. The summed E-state index contributed by atoms with van der Waals surface area (Å²) in [6.07, 6.45) is 0.706. The zero-order valence-electron chi connectivity index (χ0n) is 14.1. The summed E-state index contributed by atoms with van der Waals surface area (Å²) in [5.74, 6) is -1.25. The first kappa shape index (κ1) is 17.9.